The molecule has 4 nitrogen and oxygen atoms in total. The first kappa shape index (κ1) is 14.2. The second-order valence-corrected chi connectivity index (χ2v) is 3.76. The number of unbranched alkanes of at least 4 members (excludes halogenated alkanes) is 1. The van der Waals surface area contributed by atoms with Gasteiger partial charge in [0.25, 0.3) is 0 Å². The Morgan fingerprint density at radius 2 is 2.07 bits per heavy atom. The zero-order chi connectivity index (χ0) is 11.5. The molecule has 0 aliphatic carbocycles. The van der Waals surface area contributed by atoms with Crippen LogP contribution in [-0.2, 0) is 4.74 Å². The lowest BCUT2D eigenvalue weighted by molar-refractivity contribution is 0.136. The van der Waals surface area contributed by atoms with Crippen LogP contribution in [0, 0.1) is 0 Å². The molecule has 0 rings (SSSR count). The number of nitrogens with one attached hydrogen (secondary N) is 2. The van der Waals surface area contributed by atoms with Crippen LogP contribution in [0.25, 0.3) is 0 Å². The fourth-order valence-electron chi connectivity index (χ4n) is 1.06. The zero-order valence-corrected chi connectivity index (χ0v) is 10.5. The van der Waals surface area contributed by atoms with Gasteiger partial charge < -0.3 is 15.4 Å². The minimum atomic E-state index is 0.400. The summed E-state index contributed by atoms with van der Waals surface area (Å²) in [5.41, 5.74) is 0. The molecular formula is C11H25N3O. The van der Waals surface area contributed by atoms with Crippen molar-refractivity contribution in [3.63, 3.8) is 0 Å². The highest BCUT2D eigenvalue weighted by Gasteiger charge is 1.98. The summed E-state index contributed by atoms with van der Waals surface area (Å²) in [6.45, 7) is 8.73. The molecule has 0 aliphatic rings. The van der Waals surface area contributed by atoms with Crippen LogP contribution in [0.4, 0.5) is 0 Å². The van der Waals surface area contributed by atoms with Gasteiger partial charge in [-0.15, -0.1) is 0 Å². The molecule has 15 heavy (non-hydrogen) atoms. The molecule has 0 fully saturated rings. The Morgan fingerprint density at radius 1 is 1.33 bits per heavy atom. The highest BCUT2D eigenvalue weighted by Crippen LogP contribution is 1.86. The third-order valence-corrected chi connectivity index (χ3v) is 1.83. The molecule has 0 bridgehead atoms. The van der Waals surface area contributed by atoms with E-state index in [-0.39, 0.29) is 0 Å². The minimum absolute atomic E-state index is 0.400. The number of rotatable bonds is 7. The van der Waals surface area contributed by atoms with Crippen molar-refractivity contribution in [3.8, 4) is 0 Å². The normalized spacial score (nSPS) is 11.9. The average molecular weight is 215 g/mol. The van der Waals surface area contributed by atoms with E-state index in [0.717, 1.165) is 32.1 Å². The minimum Gasteiger partial charge on any atom is -0.380 e. The Balaban J connectivity index is 3.39. The summed E-state index contributed by atoms with van der Waals surface area (Å²) in [6, 6.07) is 0.400. The van der Waals surface area contributed by atoms with E-state index >= 15 is 0 Å². The van der Waals surface area contributed by atoms with E-state index in [1.54, 1.807) is 7.05 Å². The summed E-state index contributed by atoms with van der Waals surface area (Å²) in [5, 5.41) is 6.41. The molecule has 0 spiro atoms. The molecule has 0 radical (unpaired) electrons. The number of aliphatic imine (C=N–C) groups is 1. The SMILES string of the molecule is CCCCOCCNC(=NC)NC(C)C. The summed E-state index contributed by atoms with van der Waals surface area (Å²) in [6.07, 6.45) is 2.32. The molecule has 0 unspecified atom stereocenters. The summed E-state index contributed by atoms with van der Waals surface area (Å²) in [4.78, 5) is 4.10. The summed E-state index contributed by atoms with van der Waals surface area (Å²) in [5.74, 6) is 0.837. The lowest BCUT2D eigenvalue weighted by atomic mass is 10.4. The van der Waals surface area contributed by atoms with E-state index in [0.29, 0.717) is 6.04 Å². The number of hydrogen-bond acceptors (Lipinski definition) is 2. The van der Waals surface area contributed by atoms with Crippen molar-refractivity contribution >= 4 is 5.96 Å². The van der Waals surface area contributed by atoms with Gasteiger partial charge in [0.2, 0.25) is 0 Å². The van der Waals surface area contributed by atoms with Gasteiger partial charge >= 0.3 is 0 Å². The predicted molar refractivity (Wildman–Crippen MR) is 65.4 cm³/mol. The molecule has 4 heteroatoms. The molecule has 0 heterocycles. The molecule has 0 aromatic carbocycles. The van der Waals surface area contributed by atoms with Gasteiger partial charge in [-0.2, -0.15) is 0 Å². The van der Waals surface area contributed by atoms with E-state index in [1.807, 2.05) is 0 Å². The highest BCUT2D eigenvalue weighted by molar-refractivity contribution is 5.79. The summed E-state index contributed by atoms with van der Waals surface area (Å²) in [7, 11) is 1.77. The fourth-order valence-corrected chi connectivity index (χ4v) is 1.06. The van der Waals surface area contributed by atoms with Crippen molar-refractivity contribution in [2.24, 2.45) is 4.99 Å². The van der Waals surface area contributed by atoms with Gasteiger partial charge in [0, 0.05) is 26.2 Å². The van der Waals surface area contributed by atoms with Crippen LogP contribution in [0.2, 0.25) is 0 Å². The lowest BCUT2D eigenvalue weighted by Crippen LogP contribution is -2.42. The fraction of sp³-hybridized carbons (Fsp3) is 0.909. The van der Waals surface area contributed by atoms with Gasteiger partial charge in [0.05, 0.1) is 6.61 Å². The molecule has 0 saturated carbocycles. The monoisotopic (exact) mass is 215 g/mol. The van der Waals surface area contributed by atoms with Crippen LogP contribution >= 0.6 is 0 Å². The molecule has 0 saturated heterocycles. The molecule has 0 aromatic rings. The topological polar surface area (TPSA) is 45.6 Å². The second-order valence-electron chi connectivity index (χ2n) is 3.76. The maximum Gasteiger partial charge on any atom is 0.191 e. The van der Waals surface area contributed by atoms with Crippen LogP contribution in [0.3, 0.4) is 0 Å². The van der Waals surface area contributed by atoms with Crippen LogP contribution in [0.15, 0.2) is 4.99 Å². The Hall–Kier alpha value is -0.770. The van der Waals surface area contributed by atoms with Crippen LogP contribution in [0.5, 0.6) is 0 Å². The van der Waals surface area contributed by atoms with Gasteiger partial charge in [-0.05, 0) is 20.3 Å². The maximum atomic E-state index is 5.43. The van der Waals surface area contributed by atoms with E-state index in [4.69, 9.17) is 4.74 Å². The van der Waals surface area contributed by atoms with E-state index in [2.05, 4.69) is 36.4 Å². The van der Waals surface area contributed by atoms with Crippen molar-refractivity contribution < 1.29 is 4.74 Å². The molecule has 0 amide bonds. The average Bonchev–Trinajstić information content (AvgIpc) is 2.20. The highest BCUT2D eigenvalue weighted by atomic mass is 16.5. The van der Waals surface area contributed by atoms with Crippen molar-refractivity contribution in [2.45, 2.75) is 39.7 Å². The van der Waals surface area contributed by atoms with Gasteiger partial charge in [0.1, 0.15) is 0 Å². The number of ether oxygens (including phenoxy) is 1. The third kappa shape index (κ3) is 9.53. The summed E-state index contributed by atoms with van der Waals surface area (Å²) >= 11 is 0. The summed E-state index contributed by atoms with van der Waals surface area (Å²) < 4.78 is 5.43. The Bertz CT molecular complexity index is 169. The first-order valence-corrected chi connectivity index (χ1v) is 5.75. The predicted octanol–water partition coefficient (Wildman–Crippen LogP) is 1.38. The van der Waals surface area contributed by atoms with Crippen LogP contribution in [0.1, 0.15) is 33.6 Å². The molecule has 0 aliphatic heterocycles. The van der Waals surface area contributed by atoms with Crippen LogP contribution < -0.4 is 10.6 Å². The standard InChI is InChI=1S/C11H25N3O/c1-5-6-8-15-9-7-13-11(12-4)14-10(2)3/h10H,5-9H2,1-4H3,(H2,12,13,14). The van der Waals surface area contributed by atoms with Crippen molar-refractivity contribution in [2.75, 3.05) is 26.8 Å². The zero-order valence-electron chi connectivity index (χ0n) is 10.5. The first-order chi connectivity index (χ1) is 7.20. The number of guanidine groups is 1. The molecule has 90 valence electrons. The van der Waals surface area contributed by atoms with E-state index in [1.165, 1.54) is 6.42 Å². The quantitative estimate of drug-likeness (QED) is 0.383. The van der Waals surface area contributed by atoms with Crippen molar-refractivity contribution in [3.05, 3.63) is 0 Å². The van der Waals surface area contributed by atoms with E-state index in [9.17, 15) is 0 Å². The van der Waals surface area contributed by atoms with Crippen molar-refractivity contribution in [1.29, 1.82) is 0 Å². The Labute approximate surface area is 93.5 Å². The Kier molecular flexibility index (Phi) is 9.27. The van der Waals surface area contributed by atoms with Crippen molar-refractivity contribution in [1.82, 2.24) is 10.6 Å². The molecule has 2 N–H and O–H groups in total. The lowest BCUT2D eigenvalue weighted by Gasteiger charge is -2.14. The van der Waals surface area contributed by atoms with Gasteiger partial charge in [0.15, 0.2) is 5.96 Å². The van der Waals surface area contributed by atoms with Gasteiger partial charge in [-0.3, -0.25) is 4.99 Å². The van der Waals surface area contributed by atoms with Gasteiger partial charge in [-0.1, -0.05) is 13.3 Å². The Morgan fingerprint density at radius 3 is 2.60 bits per heavy atom. The second kappa shape index (κ2) is 9.77. The van der Waals surface area contributed by atoms with Crippen LogP contribution in [-0.4, -0.2) is 38.8 Å². The number of hydrogen-bond donors (Lipinski definition) is 2. The first-order valence-electron chi connectivity index (χ1n) is 5.75. The maximum absolute atomic E-state index is 5.43. The smallest absolute Gasteiger partial charge is 0.191 e. The van der Waals surface area contributed by atoms with E-state index < -0.39 is 0 Å². The molecule has 0 atom stereocenters. The third-order valence-electron chi connectivity index (χ3n) is 1.83. The molecule has 0 aromatic heterocycles. The largest absolute Gasteiger partial charge is 0.380 e. The number of nitrogens with zero attached hydrogens (tertiary/aromatic N) is 1. The van der Waals surface area contributed by atoms with Gasteiger partial charge in [-0.25, -0.2) is 0 Å². The molecular weight excluding hydrogens is 190 g/mol.